The van der Waals surface area contributed by atoms with Gasteiger partial charge in [-0.2, -0.15) is 0 Å². The van der Waals surface area contributed by atoms with Crippen LogP contribution in [0.25, 0.3) is 11.0 Å². The maximum absolute atomic E-state index is 12.5. The number of rotatable bonds is 7. The van der Waals surface area contributed by atoms with E-state index in [0.717, 1.165) is 30.0 Å². The molecule has 0 saturated carbocycles. The molecule has 1 heterocycles. The van der Waals surface area contributed by atoms with E-state index in [9.17, 15) is 8.42 Å². The Morgan fingerprint density at radius 2 is 1.79 bits per heavy atom. The molecule has 1 aromatic heterocycles. The lowest BCUT2D eigenvalue weighted by Gasteiger charge is -2.14. The van der Waals surface area contributed by atoms with Gasteiger partial charge in [-0.3, -0.25) is 0 Å². The summed E-state index contributed by atoms with van der Waals surface area (Å²) in [5.41, 5.74) is 5.16. The van der Waals surface area contributed by atoms with E-state index < -0.39 is 10.0 Å². The van der Waals surface area contributed by atoms with Crippen molar-refractivity contribution in [3.8, 4) is 0 Å². The maximum atomic E-state index is 12.5. The molecule has 0 fully saturated rings. The van der Waals surface area contributed by atoms with Crippen molar-refractivity contribution in [2.75, 3.05) is 19.4 Å². The Morgan fingerprint density at radius 1 is 1.11 bits per heavy atom. The third-order valence-electron chi connectivity index (χ3n) is 4.93. The number of hydrogen-bond acceptors (Lipinski definition) is 4. The Bertz CT molecular complexity index is 1080. The zero-order chi connectivity index (χ0) is 20.5. The molecule has 0 spiro atoms. The van der Waals surface area contributed by atoms with Gasteiger partial charge < -0.3 is 9.88 Å². The molecule has 6 nitrogen and oxygen atoms in total. The van der Waals surface area contributed by atoms with Crippen LogP contribution in [0.4, 0.5) is 5.69 Å². The Labute approximate surface area is 167 Å². The number of aromatic nitrogens is 2. The highest BCUT2D eigenvalue weighted by molar-refractivity contribution is 7.89. The smallest absolute Gasteiger partial charge is 0.242 e. The number of sulfonamides is 1. The molecule has 0 saturated heterocycles. The number of hydrogen-bond donors (Lipinski definition) is 1. The minimum absolute atomic E-state index is 0.264. The fourth-order valence-electron chi connectivity index (χ4n) is 3.40. The lowest BCUT2D eigenvalue weighted by atomic mass is 10.1. The van der Waals surface area contributed by atoms with Crippen molar-refractivity contribution in [1.29, 1.82) is 0 Å². The van der Waals surface area contributed by atoms with Crippen LogP contribution < -0.4 is 5.32 Å². The predicted molar refractivity (Wildman–Crippen MR) is 114 cm³/mol. The Hall–Kier alpha value is -2.38. The molecule has 0 aliphatic heterocycles. The lowest BCUT2D eigenvalue weighted by Crippen LogP contribution is -2.22. The SMILES string of the molecule is CCCn1c(CNc2c(C)cccc2C)nc2cc(S(=O)(=O)N(C)C)ccc21. The van der Waals surface area contributed by atoms with Crippen LogP contribution in [0.2, 0.25) is 0 Å². The molecule has 1 N–H and O–H groups in total. The van der Waals surface area contributed by atoms with Crippen molar-refractivity contribution in [2.45, 2.75) is 45.2 Å². The highest BCUT2D eigenvalue weighted by Gasteiger charge is 2.19. The van der Waals surface area contributed by atoms with E-state index in [-0.39, 0.29) is 4.90 Å². The van der Waals surface area contributed by atoms with Gasteiger partial charge in [0, 0.05) is 26.3 Å². The first-order valence-corrected chi connectivity index (χ1v) is 10.9. The quantitative estimate of drug-likeness (QED) is 0.653. The van der Waals surface area contributed by atoms with Crippen molar-refractivity contribution < 1.29 is 8.42 Å². The first-order chi connectivity index (χ1) is 13.3. The van der Waals surface area contributed by atoms with Gasteiger partial charge in [-0.15, -0.1) is 0 Å². The van der Waals surface area contributed by atoms with Gasteiger partial charge in [0.15, 0.2) is 0 Å². The summed E-state index contributed by atoms with van der Waals surface area (Å²) < 4.78 is 28.3. The van der Waals surface area contributed by atoms with Crippen LogP contribution in [-0.4, -0.2) is 36.4 Å². The average molecular weight is 401 g/mol. The monoisotopic (exact) mass is 400 g/mol. The molecule has 7 heteroatoms. The summed E-state index contributed by atoms with van der Waals surface area (Å²) in [6, 6.07) is 11.4. The molecule has 28 heavy (non-hydrogen) atoms. The van der Waals surface area contributed by atoms with Gasteiger partial charge in [-0.05, 0) is 49.6 Å². The molecule has 0 bridgehead atoms. The van der Waals surface area contributed by atoms with Crippen molar-refractivity contribution in [1.82, 2.24) is 13.9 Å². The van der Waals surface area contributed by atoms with Gasteiger partial charge in [0.05, 0.1) is 22.5 Å². The third kappa shape index (κ3) is 3.77. The largest absolute Gasteiger partial charge is 0.377 e. The average Bonchev–Trinajstić information content (AvgIpc) is 2.98. The molecule has 3 rings (SSSR count). The molecular formula is C21H28N4O2S. The van der Waals surface area contributed by atoms with Gasteiger partial charge >= 0.3 is 0 Å². The van der Waals surface area contributed by atoms with E-state index >= 15 is 0 Å². The van der Waals surface area contributed by atoms with Gasteiger partial charge in [0.25, 0.3) is 0 Å². The van der Waals surface area contributed by atoms with Crippen LogP contribution in [-0.2, 0) is 23.1 Å². The maximum Gasteiger partial charge on any atom is 0.242 e. The summed E-state index contributed by atoms with van der Waals surface area (Å²) >= 11 is 0. The van der Waals surface area contributed by atoms with Crippen molar-refractivity contribution >= 4 is 26.7 Å². The fraction of sp³-hybridized carbons (Fsp3) is 0.381. The molecule has 0 aliphatic carbocycles. The third-order valence-corrected chi connectivity index (χ3v) is 6.74. The number of nitrogens with one attached hydrogen (secondary N) is 1. The fourth-order valence-corrected chi connectivity index (χ4v) is 4.32. The first kappa shape index (κ1) is 20.4. The van der Waals surface area contributed by atoms with E-state index in [4.69, 9.17) is 4.98 Å². The minimum Gasteiger partial charge on any atom is -0.377 e. The number of imidazole rings is 1. The van der Waals surface area contributed by atoms with E-state index in [2.05, 4.69) is 48.9 Å². The first-order valence-electron chi connectivity index (χ1n) is 9.47. The molecule has 0 unspecified atom stereocenters. The van der Waals surface area contributed by atoms with Crippen molar-refractivity contribution in [3.05, 3.63) is 53.3 Å². The highest BCUT2D eigenvalue weighted by Crippen LogP contribution is 2.24. The highest BCUT2D eigenvalue weighted by atomic mass is 32.2. The summed E-state index contributed by atoms with van der Waals surface area (Å²) in [5.74, 6) is 0.902. The van der Waals surface area contributed by atoms with Crippen LogP contribution >= 0.6 is 0 Å². The molecular weight excluding hydrogens is 372 g/mol. The molecule has 2 aromatic carbocycles. The van der Waals surface area contributed by atoms with Gasteiger partial charge in [0.2, 0.25) is 10.0 Å². The molecule has 0 amide bonds. The number of benzene rings is 2. The van der Waals surface area contributed by atoms with Crippen LogP contribution in [0, 0.1) is 13.8 Å². The zero-order valence-electron chi connectivity index (χ0n) is 17.2. The van der Waals surface area contributed by atoms with Crippen LogP contribution in [0.1, 0.15) is 30.3 Å². The number of aryl methyl sites for hydroxylation is 3. The second-order valence-electron chi connectivity index (χ2n) is 7.24. The standard InChI is InChI=1S/C21H28N4O2S/c1-6-12-25-19-11-10-17(28(26,27)24(4)5)13-18(19)23-20(25)14-22-21-15(2)8-7-9-16(21)3/h7-11,13,22H,6,12,14H2,1-5H3. The van der Waals surface area contributed by atoms with Crippen LogP contribution in [0.5, 0.6) is 0 Å². The zero-order valence-corrected chi connectivity index (χ0v) is 18.0. The number of fused-ring (bicyclic) bond motifs is 1. The number of nitrogens with zero attached hydrogens (tertiary/aromatic N) is 3. The van der Waals surface area contributed by atoms with Crippen molar-refractivity contribution in [3.63, 3.8) is 0 Å². The summed E-state index contributed by atoms with van der Waals surface area (Å²) in [6.07, 6.45) is 0.972. The van der Waals surface area contributed by atoms with Crippen molar-refractivity contribution in [2.24, 2.45) is 0 Å². The summed E-state index contributed by atoms with van der Waals surface area (Å²) in [5, 5.41) is 3.51. The normalized spacial score (nSPS) is 12.1. The van der Waals surface area contributed by atoms with Gasteiger partial charge in [0.1, 0.15) is 5.82 Å². The van der Waals surface area contributed by atoms with Gasteiger partial charge in [-0.25, -0.2) is 17.7 Å². The van der Waals surface area contributed by atoms with E-state index in [1.165, 1.54) is 29.5 Å². The molecule has 3 aromatic rings. The van der Waals surface area contributed by atoms with Gasteiger partial charge in [-0.1, -0.05) is 25.1 Å². The second kappa shape index (κ2) is 7.93. The Morgan fingerprint density at radius 3 is 2.39 bits per heavy atom. The van der Waals surface area contributed by atoms with Crippen LogP contribution in [0.15, 0.2) is 41.3 Å². The van der Waals surface area contributed by atoms with Crippen LogP contribution in [0.3, 0.4) is 0 Å². The Balaban J connectivity index is 2.01. The summed E-state index contributed by atoms with van der Waals surface area (Å²) in [4.78, 5) is 5.02. The van der Waals surface area contributed by atoms with E-state index in [0.29, 0.717) is 12.1 Å². The summed E-state index contributed by atoms with van der Waals surface area (Å²) in [6.45, 7) is 7.71. The molecule has 0 radical (unpaired) electrons. The number of anilines is 1. The number of para-hydroxylation sites is 1. The Kier molecular flexibility index (Phi) is 5.76. The van der Waals surface area contributed by atoms with E-state index in [1.54, 1.807) is 12.1 Å². The topological polar surface area (TPSA) is 67.2 Å². The summed E-state index contributed by atoms with van der Waals surface area (Å²) in [7, 11) is -0.409. The molecule has 0 aliphatic rings. The minimum atomic E-state index is -3.48. The molecule has 0 atom stereocenters. The van der Waals surface area contributed by atoms with E-state index in [1.807, 2.05) is 6.07 Å². The predicted octanol–water partition coefficient (Wildman–Crippen LogP) is 3.93. The molecule has 150 valence electrons. The second-order valence-corrected chi connectivity index (χ2v) is 9.39. The lowest BCUT2D eigenvalue weighted by molar-refractivity contribution is 0.521.